The summed E-state index contributed by atoms with van der Waals surface area (Å²) in [6.45, 7) is 16.3. The first-order chi connectivity index (χ1) is 69.9. The number of carbonyl (C=O) groups excluding carboxylic acids is 2. The van der Waals surface area contributed by atoms with Gasteiger partial charge in [0.15, 0.2) is 40.7 Å². The number of halogens is 3. The summed E-state index contributed by atoms with van der Waals surface area (Å²) in [6, 6.07) is 69.6. The van der Waals surface area contributed by atoms with Crippen molar-refractivity contribution in [3.05, 3.63) is 313 Å². The zero-order valence-corrected chi connectivity index (χ0v) is 79.0. The number of aromatic carboxylic acids is 3. The number of ketones is 2. The van der Waals surface area contributed by atoms with Crippen LogP contribution in [-0.2, 0) is 12.6 Å². The number of aryl methyl sites for hydroxylation is 1. The van der Waals surface area contributed by atoms with Crippen molar-refractivity contribution in [2.24, 2.45) is 0 Å². The molecule has 10 aromatic heterocycles. The molecule has 144 heavy (non-hydrogen) atoms. The summed E-state index contributed by atoms with van der Waals surface area (Å²) in [5.74, 6) is 2.09. The first kappa shape index (κ1) is 97.5. The number of hydrogen-bond donors (Lipinski definition) is 11. The fourth-order valence-corrected chi connectivity index (χ4v) is 16.0. The third-order valence-electron chi connectivity index (χ3n) is 23.5. The van der Waals surface area contributed by atoms with Crippen LogP contribution in [0.15, 0.2) is 274 Å². The Morgan fingerprint density at radius 2 is 0.688 bits per heavy atom. The highest BCUT2D eigenvalue weighted by Crippen LogP contribution is 2.40. The number of anilines is 13. The Morgan fingerprint density at radius 3 is 1.05 bits per heavy atom. The molecule has 20 aromatic rings. The molecule has 35 heteroatoms. The molecule has 0 bridgehead atoms. The smallest absolute Gasteiger partial charge is 0.416 e. The van der Waals surface area contributed by atoms with Gasteiger partial charge in [-0.25, -0.2) is 89.1 Å². The van der Waals surface area contributed by atoms with E-state index in [1.54, 1.807) is 68.7 Å². The number of aromatic nitrogens is 15. The van der Waals surface area contributed by atoms with Gasteiger partial charge in [0, 0.05) is 150 Å². The maximum atomic E-state index is 13.0. The fraction of sp³-hybridized carbons (Fsp3) is 0.174. The van der Waals surface area contributed by atoms with Gasteiger partial charge in [-0.1, -0.05) is 149 Å². The summed E-state index contributed by atoms with van der Waals surface area (Å²) >= 11 is 0. The minimum absolute atomic E-state index is 0.0109. The molecule has 0 saturated heterocycles. The van der Waals surface area contributed by atoms with Gasteiger partial charge in [0.2, 0.25) is 17.8 Å². The number of benzene rings is 10. The Hall–Kier alpha value is -18.2. The molecular weight excluding hydrogens is 1830 g/mol. The van der Waals surface area contributed by atoms with Crippen LogP contribution in [0.5, 0.6) is 0 Å². The lowest BCUT2D eigenvalue weighted by atomic mass is 10.1. The molecule has 10 aromatic carbocycles. The minimum atomic E-state index is -4.48. The van der Waals surface area contributed by atoms with E-state index >= 15 is 0 Å². The van der Waals surface area contributed by atoms with E-state index in [0.29, 0.717) is 96.6 Å². The molecule has 0 unspecified atom stereocenters. The highest BCUT2D eigenvalue weighted by atomic mass is 19.4. The van der Waals surface area contributed by atoms with Crippen LogP contribution in [-0.4, -0.2) is 163 Å². The summed E-state index contributed by atoms with van der Waals surface area (Å²) in [5.41, 5.74) is 11.0. The molecule has 0 radical (unpaired) electrons. The number of Topliss-reactive ketones (excluding diaryl/α,β-unsaturated/α-hetero) is 2. The molecule has 722 valence electrons. The van der Waals surface area contributed by atoms with E-state index in [1.165, 1.54) is 30.6 Å². The molecule has 32 nitrogen and oxygen atoms in total. The minimum Gasteiger partial charge on any atom is -0.478 e. The Balaban J connectivity index is 0.000000124. The van der Waals surface area contributed by atoms with Crippen molar-refractivity contribution in [1.82, 2.24) is 79.7 Å². The quantitative estimate of drug-likeness (QED) is 0.0153. The SMILES string of the molecule is CCCNc1ncc2c(n1)c(Nc1ccccc1)nc1cc(C(C)=O)ccc12.CCCNc1ncc2c(n1)c(Nc1ccccc1)nc1cc(C(C)=O)ccc12.CCN(CC)CCCc1ncc2c(n1)c(Nc1ccccc1)nc1cc(C(=O)O)ccc12.O=C(O)c1ccc2c(c1)nc(Nc1cccc(C(F)(F)F)c1)c1ncncc12.O=C(O)c1ccc2c(c1)nc(Nc1ccccc1)c1nc(NC3CC3)ncc12. The maximum Gasteiger partial charge on any atom is 0.416 e. The number of rotatable bonds is 29. The van der Waals surface area contributed by atoms with Crippen LogP contribution >= 0.6 is 0 Å². The fourth-order valence-electron chi connectivity index (χ4n) is 16.0. The van der Waals surface area contributed by atoms with Crippen LogP contribution in [0.4, 0.5) is 88.5 Å². The van der Waals surface area contributed by atoms with Gasteiger partial charge in [-0.05, 0) is 181 Å². The van der Waals surface area contributed by atoms with Crippen LogP contribution in [0.1, 0.15) is 137 Å². The molecule has 0 spiro atoms. The Labute approximate surface area is 822 Å². The molecule has 1 fully saturated rings. The number of para-hydroxylation sites is 4. The number of nitrogens with zero attached hydrogens (tertiary/aromatic N) is 16. The van der Waals surface area contributed by atoms with Gasteiger partial charge in [-0.15, -0.1) is 0 Å². The highest BCUT2D eigenvalue weighted by Gasteiger charge is 2.31. The third kappa shape index (κ3) is 23.4. The number of carboxylic acid groups (broad SMARTS) is 3. The molecule has 11 N–H and O–H groups in total. The summed E-state index contributed by atoms with van der Waals surface area (Å²) in [6.07, 6.45) is 11.6. The second-order valence-electron chi connectivity index (χ2n) is 33.8. The van der Waals surface area contributed by atoms with E-state index in [0.717, 1.165) is 183 Å². The first-order valence-corrected chi connectivity index (χ1v) is 46.7. The molecule has 0 atom stereocenters. The average Bonchev–Trinajstić information content (AvgIpc) is 0.791. The summed E-state index contributed by atoms with van der Waals surface area (Å²) in [5, 5.41) is 62.0. The summed E-state index contributed by atoms with van der Waals surface area (Å²) < 4.78 is 38.9. The highest BCUT2D eigenvalue weighted by molar-refractivity contribution is 6.15. The number of alkyl halides is 3. The van der Waals surface area contributed by atoms with E-state index in [9.17, 15) is 52.5 Å². The Morgan fingerprint density at radius 1 is 0.354 bits per heavy atom. The molecule has 21 rings (SSSR count). The zero-order chi connectivity index (χ0) is 100. The summed E-state index contributed by atoms with van der Waals surface area (Å²) in [7, 11) is 0. The number of nitrogens with one attached hydrogen (secondary N) is 8. The molecule has 1 aliphatic rings. The largest absolute Gasteiger partial charge is 0.478 e. The van der Waals surface area contributed by atoms with Crippen molar-refractivity contribution in [3.63, 3.8) is 0 Å². The second kappa shape index (κ2) is 44.3. The zero-order valence-electron chi connectivity index (χ0n) is 79.0. The van der Waals surface area contributed by atoms with E-state index in [1.807, 2.05) is 176 Å². The van der Waals surface area contributed by atoms with Crippen LogP contribution in [0, 0.1) is 0 Å². The topological polar surface area (TPSA) is 439 Å². The van der Waals surface area contributed by atoms with Gasteiger partial charge in [-0.3, -0.25) is 9.59 Å². The first-order valence-electron chi connectivity index (χ1n) is 46.7. The predicted molar refractivity (Wildman–Crippen MR) is 559 cm³/mol. The number of carboxylic acids is 3. The van der Waals surface area contributed by atoms with Crippen LogP contribution in [0.2, 0.25) is 0 Å². The molecule has 0 aliphatic heterocycles. The second-order valence-corrected chi connectivity index (χ2v) is 33.8. The van der Waals surface area contributed by atoms with Gasteiger partial charge in [-0.2, -0.15) is 13.2 Å². The Bertz CT molecular complexity index is 8020. The normalized spacial score (nSPS) is 11.7. The van der Waals surface area contributed by atoms with Gasteiger partial charge < -0.3 is 62.8 Å². The molecule has 0 amide bonds. The molecular formula is C109H97F3N24O8. The number of fused-ring (bicyclic) bond motifs is 15. The van der Waals surface area contributed by atoms with E-state index < -0.39 is 29.6 Å². The van der Waals surface area contributed by atoms with E-state index in [2.05, 4.69) is 115 Å². The lowest BCUT2D eigenvalue weighted by Gasteiger charge is -2.17. The van der Waals surface area contributed by atoms with Gasteiger partial charge in [0.05, 0.1) is 49.8 Å². The van der Waals surface area contributed by atoms with Crippen molar-refractivity contribution >= 4 is 214 Å². The predicted octanol–water partition coefficient (Wildman–Crippen LogP) is 23.6. The van der Waals surface area contributed by atoms with Crippen molar-refractivity contribution in [2.75, 3.05) is 75.3 Å². The summed E-state index contributed by atoms with van der Waals surface area (Å²) in [4.78, 5) is 129. The van der Waals surface area contributed by atoms with Crippen molar-refractivity contribution in [1.29, 1.82) is 0 Å². The average molecular weight is 1930 g/mol. The van der Waals surface area contributed by atoms with E-state index in [4.69, 9.17) is 34.9 Å². The molecule has 1 aliphatic carbocycles. The number of hydrogen-bond acceptors (Lipinski definition) is 29. The van der Waals surface area contributed by atoms with Crippen molar-refractivity contribution < 1.29 is 52.5 Å². The standard InChI is InChI=1S/C25H27N5O2.2C22H21N5O.C21H17N5O2.C19H11F3N4O2/c1-3-30(4-2)14-8-11-22-26-16-20-19-13-12-17(25(31)32)15-21(19)28-24(23(20)29-22)27-18-9-6-5-7-10-18;2*1-3-11-23-22-24-13-18-17-10-9-15(14(2)28)12-19(17)26-21(20(18)27-22)25-16-7-5-4-6-8-16;27-20(28)12-6-9-15-16-11-22-21(24-14-7-8-14)26-18(16)19(25-17(15)10-12)23-13-4-2-1-3-5-13;20-19(21,22)11-2-1-3-12(7-11)25-17-16-14(8-23-9-24-16)13-5-4-10(18(27)28)6-15(13)26-17/h5-7,9-10,12-13,15-16H,3-4,8,11,14H2,1-2H3,(H,27,28)(H,31,32);2*4-10,12-13H,3,11H2,1-2H3,(H,25,26)(H,23,24,27);1-6,9-11,14H,7-8H2,(H,23,25)(H,27,28)(H,22,24,26);1-9H,(H,25,26)(H,27,28). The van der Waals surface area contributed by atoms with Gasteiger partial charge in [0.1, 0.15) is 39.7 Å². The monoisotopic (exact) mass is 1930 g/mol. The van der Waals surface area contributed by atoms with Crippen LogP contribution in [0.25, 0.3) is 109 Å². The maximum absolute atomic E-state index is 13.0. The van der Waals surface area contributed by atoms with Gasteiger partial charge >= 0.3 is 24.1 Å². The molecule has 10 heterocycles. The van der Waals surface area contributed by atoms with Crippen LogP contribution in [0.3, 0.4) is 0 Å². The molecule has 1 saturated carbocycles. The number of carbonyl (C=O) groups is 5. The number of pyridine rings is 5. The van der Waals surface area contributed by atoms with E-state index in [-0.39, 0.29) is 39.8 Å². The van der Waals surface area contributed by atoms with Gasteiger partial charge in [0.25, 0.3) is 0 Å². The Kier molecular flexibility index (Phi) is 30.0. The van der Waals surface area contributed by atoms with Crippen molar-refractivity contribution in [3.8, 4) is 0 Å². The van der Waals surface area contributed by atoms with Crippen LogP contribution < -0.4 is 42.5 Å². The van der Waals surface area contributed by atoms with Crippen molar-refractivity contribution in [2.45, 2.75) is 92.3 Å². The third-order valence-corrected chi connectivity index (χ3v) is 23.5. The lowest BCUT2D eigenvalue weighted by molar-refractivity contribution is -0.137. The lowest BCUT2D eigenvalue weighted by Crippen LogP contribution is -2.24.